The standard InChI is InChI=1S/C13H8F3N3O/c14-13(15,16)11-10(5-17-18-12(11)20)19-6-8-3-1-2-4-9(8)7-19/h1-7H,(H,18,20). The fourth-order valence-electron chi connectivity index (χ4n) is 2.08. The van der Waals surface area contributed by atoms with Crippen molar-refractivity contribution in [2.45, 2.75) is 6.18 Å². The van der Waals surface area contributed by atoms with Crippen LogP contribution in [-0.2, 0) is 6.18 Å². The number of halogens is 3. The van der Waals surface area contributed by atoms with Crippen molar-refractivity contribution in [3.8, 4) is 5.69 Å². The van der Waals surface area contributed by atoms with Crippen LogP contribution in [0.5, 0.6) is 0 Å². The third-order valence-electron chi connectivity index (χ3n) is 2.95. The Morgan fingerprint density at radius 1 is 1.10 bits per heavy atom. The van der Waals surface area contributed by atoms with Gasteiger partial charge in [0.15, 0.2) is 0 Å². The molecule has 0 spiro atoms. The van der Waals surface area contributed by atoms with Crippen molar-refractivity contribution in [3.63, 3.8) is 0 Å². The van der Waals surface area contributed by atoms with Gasteiger partial charge >= 0.3 is 6.18 Å². The molecule has 0 bridgehead atoms. The summed E-state index contributed by atoms with van der Waals surface area (Å²) in [6, 6.07) is 7.13. The van der Waals surface area contributed by atoms with E-state index in [0.29, 0.717) is 0 Å². The quantitative estimate of drug-likeness (QED) is 0.744. The molecule has 0 aliphatic carbocycles. The second-order valence-electron chi connectivity index (χ2n) is 4.25. The van der Waals surface area contributed by atoms with Crippen molar-refractivity contribution < 1.29 is 13.2 Å². The molecule has 3 rings (SSSR count). The van der Waals surface area contributed by atoms with Crippen molar-refractivity contribution in [2.24, 2.45) is 0 Å². The summed E-state index contributed by atoms with van der Waals surface area (Å²) in [4.78, 5) is 11.4. The van der Waals surface area contributed by atoms with Gasteiger partial charge in [-0.15, -0.1) is 0 Å². The van der Waals surface area contributed by atoms with Gasteiger partial charge in [-0.25, -0.2) is 5.10 Å². The molecule has 20 heavy (non-hydrogen) atoms. The zero-order valence-electron chi connectivity index (χ0n) is 9.98. The molecule has 0 unspecified atom stereocenters. The molecule has 0 fully saturated rings. The maximum absolute atomic E-state index is 13.0. The first-order chi connectivity index (χ1) is 9.47. The number of nitrogens with zero attached hydrogens (tertiary/aromatic N) is 2. The van der Waals surface area contributed by atoms with Gasteiger partial charge in [-0.05, 0) is 10.8 Å². The van der Waals surface area contributed by atoms with Crippen LogP contribution in [0.2, 0.25) is 0 Å². The molecule has 0 atom stereocenters. The van der Waals surface area contributed by atoms with E-state index in [-0.39, 0.29) is 5.69 Å². The van der Waals surface area contributed by atoms with E-state index in [4.69, 9.17) is 0 Å². The minimum Gasteiger partial charge on any atom is -0.320 e. The van der Waals surface area contributed by atoms with E-state index < -0.39 is 17.3 Å². The molecule has 7 heteroatoms. The summed E-state index contributed by atoms with van der Waals surface area (Å²) in [5.41, 5.74) is -2.81. The summed E-state index contributed by atoms with van der Waals surface area (Å²) in [7, 11) is 0. The van der Waals surface area contributed by atoms with Gasteiger partial charge in [-0.1, -0.05) is 24.3 Å². The van der Waals surface area contributed by atoms with Crippen molar-refractivity contribution in [2.75, 3.05) is 0 Å². The van der Waals surface area contributed by atoms with Gasteiger partial charge in [0.05, 0.1) is 11.9 Å². The Morgan fingerprint density at radius 2 is 1.70 bits per heavy atom. The molecule has 2 heterocycles. The Hall–Kier alpha value is -2.57. The van der Waals surface area contributed by atoms with Crippen LogP contribution in [0.4, 0.5) is 13.2 Å². The molecule has 1 N–H and O–H groups in total. The number of benzene rings is 1. The summed E-state index contributed by atoms with van der Waals surface area (Å²) in [6.45, 7) is 0. The first-order valence-electron chi connectivity index (χ1n) is 5.69. The highest BCUT2D eigenvalue weighted by molar-refractivity contribution is 5.82. The number of rotatable bonds is 1. The number of hydrogen-bond acceptors (Lipinski definition) is 2. The highest BCUT2D eigenvalue weighted by atomic mass is 19.4. The summed E-state index contributed by atoms with van der Waals surface area (Å²) in [6.07, 6.45) is -0.701. The highest BCUT2D eigenvalue weighted by Gasteiger charge is 2.37. The average Bonchev–Trinajstić information content (AvgIpc) is 2.80. The highest BCUT2D eigenvalue weighted by Crippen LogP contribution is 2.31. The van der Waals surface area contributed by atoms with Gasteiger partial charge in [0.2, 0.25) is 0 Å². The van der Waals surface area contributed by atoms with Crippen LogP contribution in [-0.4, -0.2) is 14.8 Å². The average molecular weight is 279 g/mol. The maximum Gasteiger partial charge on any atom is 0.423 e. The van der Waals surface area contributed by atoms with E-state index in [0.717, 1.165) is 17.0 Å². The Kier molecular flexibility index (Phi) is 2.63. The van der Waals surface area contributed by atoms with Crippen LogP contribution in [0.25, 0.3) is 16.5 Å². The lowest BCUT2D eigenvalue weighted by molar-refractivity contribution is -0.138. The number of alkyl halides is 3. The molecule has 0 aliphatic heterocycles. The third kappa shape index (κ3) is 1.97. The van der Waals surface area contributed by atoms with E-state index in [9.17, 15) is 18.0 Å². The molecule has 4 nitrogen and oxygen atoms in total. The molecular formula is C13H8F3N3O. The first kappa shape index (κ1) is 12.5. The predicted molar refractivity (Wildman–Crippen MR) is 66.7 cm³/mol. The fourth-order valence-corrected chi connectivity index (χ4v) is 2.08. The van der Waals surface area contributed by atoms with E-state index in [2.05, 4.69) is 5.10 Å². The van der Waals surface area contributed by atoms with Gasteiger partial charge in [-0.3, -0.25) is 4.79 Å². The Morgan fingerprint density at radius 3 is 2.25 bits per heavy atom. The molecular weight excluding hydrogens is 271 g/mol. The zero-order chi connectivity index (χ0) is 14.3. The van der Waals surface area contributed by atoms with Crippen LogP contribution in [0.15, 0.2) is 47.7 Å². The number of nitrogens with one attached hydrogen (secondary N) is 1. The Bertz CT molecular complexity index is 799. The second-order valence-corrected chi connectivity index (χ2v) is 4.25. The Balaban J connectivity index is 2.29. The van der Waals surface area contributed by atoms with Crippen molar-refractivity contribution in [1.29, 1.82) is 0 Å². The lowest BCUT2D eigenvalue weighted by Gasteiger charge is -2.11. The van der Waals surface area contributed by atoms with E-state index >= 15 is 0 Å². The molecule has 102 valence electrons. The van der Waals surface area contributed by atoms with Crippen molar-refractivity contribution in [1.82, 2.24) is 14.8 Å². The normalized spacial score (nSPS) is 11.9. The Labute approximate surface area is 110 Å². The molecule has 3 aromatic rings. The van der Waals surface area contributed by atoms with Crippen molar-refractivity contribution in [3.05, 3.63) is 58.8 Å². The summed E-state index contributed by atoms with van der Waals surface area (Å²) < 4.78 is 40.2. The first-order valence-corrected chi connectivity index (χ1v) is 5.69. The summed E-state index contributed by atoms with van der Waals surface area (Å²) >= 11 is 0. The topological polar surface area (TPSA) is 50.7 Å². The molecule has 1 aromatic carbocycles. The largest absolute Gasteiger partial charge is 0.423 e. The van der Waals surface area contributed by atoms with Crippen LogP contribution in [0.3, 0.4) is 0 Å². The van der Waals surface area contributed by atoms with Crippen LogP contribution >= 0.6 is 0 Å². The fraction of sp³-hybridized carbons (Fsp3) is 0.0769. The van der Waals surface area contributed by atoms with Crippen molar-refractivity contribution >= 4 is 10.8 Å². The monoisotopic (exact) mass is 279 g/mol. The SMILES string of the molecule is O=c1[nH]ncc(-n2cc3ccccc3c2)c1C(F)(F)F. The third-order valence-corrected chi connectivity index (χ3v) is 2.95. The molecule has 0 radical (unpaired) electrons. The minimum atomic E-state index is -4.75. The van der Waals surface area contributed by atoms with Crippen LogP contribution in [0, 0.1) is 0 Å². The number of aromatic nitrogens is 3. The van der Waals surface area contributed by atoms with Crippen LogP contribution < -0.4 is 5.56 Å². The van der Waals surface area contributed by atoms with E-state index in [1.165, 1.54) is 17.0 Å². The maximum atomic E-state index is 13.0. The van der Waals surface area contributed by atoms with Gasteiger partial charge in [0.25, 0.3) is 5.56 Å². The summed E-state index contributed by atoms with van der Waals surface area (Å²) in [5, 5.41) is 6.82. The smallest absolute Gasteiger partial charge is 0.320 e. The number of H-pyrrole nitrogens is 1. The minimum absolute atomic E-state index is 0.294. The number of fused-ring (bicyclic) bond motifs is 1. The molecule has 0 aliphatic rings. The van der Waals surface area contributed by atoms with Gasteiger partial charge in [0.1, 0.15) is 5.56 Å². The van der Waals surface area contributed by atoms with Gasteiger partial charge in [-0.2, -0.15) is 18.3 Å². The van der Waals surface area contributed by atoms with E-state index in [1.807, 2.05) is 5.10 Å². The second kappa shape index (κ2) is 4.22. The van der Waals surface area contributed by atoms with Crippen LogP contribution in [0.1, 0.15) is 5.56 Å². The van der Waals surface area contributed by atoms with Gasteiger partial charge in [0, 0.05) is 12.4 Å². The molecule has 0 saturated carbocycles. The summed E-state index contributed by atoms with van der Waals surface area (Å²) in [5.74, 6) is 0. The van der Waals surface area contributed by atoms with Gasteiger partial charge < -0.3 is 4.57 Å². The molecule has 0 amide bonds. The van der Waals surface area contributed by atoms with E-state index in [1.54, 1.807) is 24.3 Å². The predicted octanol–water partition coefficient (Wildman–Crippen LogP) is 2.73. The number of aromatic amines is 1. The number of hydrogen-bond donors (Lipinski definition) is 1. The molecule has 2 aromatic heterocycles. The molecule has 0 saturated heterocycles. The zero-order valence-corrected chi connectivity index (χ0v) is 9.98. The lowest BCUT2D eigenvalue weighted by Crippen LogP contribution is -2.25. The lowest BCUT2D eigenvalue weighted by atomic mass is 10.2.